The van der Waals surface area contributed by atoms with Crippen LogP contribution in [0.15, 0.2) is 24.3 Å². The van der Waals surface area contributed by atoms with Gasteiger partial charge in [0.1, 0.15) is 11.6 Å². The second kappa shape index (κ2) is 10.2. The second-order valence-electron chi connectivity index (χ2n) is 7.07. The van der Waals surface area contributed by atoms with E-state index in [1.54, 1.807) is 7.11 Å². The SMILES string of the molecule is CNc1cc(C)nc(Nc2ccc(OC)c(COCCCN3CCCC3)c2)n1. The van der Waals surface area contributed by atoms with E-state index in [9.17, 15) is 0 Å². The molecule has 0 spiro atoms. The number of aryl methyl sites for hydroxylation is 1. The minimum absolute atomic E-state index is 0.523. The summed E-state index contributed by atoms with van der Waals surface area (Å²) in [6.07, 6.45) is 3.72. The summed E-state index contributed by atoms with van der Waals surface area (Å²) in [7, 11) is 3.53. The van der Waals surface area contributed by atoms with Crippen molar-refractivity contribution < 1.29 is 9.47 Å². The van der Waals surface area contributed by atoms with Crippen molar-refractivity contribution in [3.63, 3.8) is 0 Å². The molecule has 0 amide bonds. The summed E-state index contributed by atoms with van der Waals surface area (Å²) >= 11 is 0. The van der Waals surface area contributed by atoms with Crippen LogP contribution in [0.2, 0.25) is 0 Å². The number of nitrogens with one attached hydrogen (secondary N) is 2. The number of hydrogen-bond acceptors (Lipinski definition) is 7. The highest BCUT2D eigenvalue weighted by atomic mass is 16.5. The number of anilines is 3. The van der Waals surface area contributed by atoms with E-state index in [-0.39, 0.29) is 0 Å². The Bertz CT molecular complexity index is 762. The van der Waals surface area contributed by atoms with E-state index in [1.165, 1.54) is 25.9 Å². The molecule has 1 fully saturated rings. The molecule has 1 aliphatic heterocycles. The summed E-state index contributed by atoms with van der Waals surface area (Å²) in [5, 5.41) is 6.32. The molecule has 7 nitrogen and oxygen atoms in total. The maximum Gasteiger partial charge on any atom is 0.229 e. The lowest BCUT2D eigenvalue weighted by atomic mass is 10.2. The summed E-state index contributed by atoms with van der Waals surface area (Å²) in [5.41, 5.74) is 2.82. The van der Waals surface area contributed by atoms with E-state index in [0.717, 1.165) is 48.1 Å². The van der Waals surface area contributed by atoms with Crippen LogP contribution < -0.4 is 15.4 Å². The standard InChI is InChI=1S/C21H31N5O2/c1-16-13-20(22-2)25-21(23-16)24-18-7-8-19(27-3)17(14-18)15-28-12-6-11-26-9-4-5-10-26/h7-8,13-14H,4-6,9-12,15H2,1-3H3,(H2,22,23,24,25). The van der Waals surface area contributed by atoms with E-state index in [0.29, 0.717) is 12.6 Å². The van der Waals surface area contributed by atoms with Gasteiger partial charge in [-0.05, 0) is 57.5 Å². The third kappa shape index (κ3) is 5.81. The van der Waals surface area contributed by atoms with Gasteiger partial charge < -0.3 is 25.0 Å². The molecule has 1 aromatic carbocycles. The van der Waals surface area contributed by atoms with Crippen LogP contribution in [0.3, 0.4) is 0 Å². The van der Waals surface area contributed by atoms with E-state index in [4.69, 9.17) is 9.47 Å². The fourth-order valence-corrected chi connectivity index (χ4v) is 3.43. The fourth-order valence-electron chi connectivity index (χ4n) is 3.43. The Morgan fingerprint density at radius 1 is 1.14 bits per heavy atom. The molecule has 28 heavy (non-hydrogen) atoms. The number of nitrogens with zero attached hydrogens (tertiary/aromatic N) is 3. The highest BCUT2D eigenvalue weighted by molar-refractivity contribution is 5.58. The van der Waals surface area contributed by atoms with Gasteiger partial charge in [0.25, 0.3) is 0 Å². The van der Waals surface area contributed by atoms with Crippen LogP contribution >= 0.6 is 0 Å². The van der Waals surface area contributed by atoms with Crippen LogP contribution in [0, 0.1) is 6.92 Å². The van der Waals surface area contributed by atoms with Crippen molar-refractivity contribution in [2.24, 2.45) is 0 Å². The normalized spacial score (nSPS) is 14.2. The van der Waals surface area contributed by atoms with E-state index in [2.05, 4.69) is 25.5 Å². The fraction of sp³-hybridized carbons (Fsp3) is 0.524. The molecule has 7 heteroatoms. The maximum absolute atomic E-state index is 5.91. The first kappa shape index (κ1) is 20.4. The number of hydrogen-bond donors (Lipinski definition) is 2. The summed E-state index contributed by atoms with van der Waals surface area (Å²) in [6.45, 7) is 6.81. The number of benzene rings is 1. The second-order valence-corrected chi connectivity index (χ2v) is 7.07. The average Bonchev–Trinajstić information content (AvgIpc) is 3.21. The molecule has 1 aliphatic rings. The van der Waals surface area contributed by atoms with Crippen LogP contribution in [0.4, 0.5) is 17.5 Å². The monoisotopic (exact) mass is 385 g/mol. The van der Waals surface area contributed by atoms with Crippen LogP contribution in [0.25, 0.3) is 0 Å². The minimum atomic E-state index is 0.523. The molecular formula is C21H31N5O2. The van der Waals surface area contributed by atoms with E-state index in [1.807, 2.05) is 38.2 Å². The van der Waals surface area contributed by atoms with Gasteiger partial charge in [-0.3, -0.25) is 0 Å². The van der Waals surface area contributed by atoms with Crippen LogP contribution in [0.1, 0.15) is 30.5 Å². The van der Waals surface area contributed by atoms with Crippen molar-refractivity contribution in [3.8, 4) is 5.75 Å². The van der Waals surface area contributed by atoms with Gasteiger partial charge in [0.2, 0.25) is 5.95 Å². The van der Waals surface area contributed by atoms with E-state index >= 15 is 0 Å². The first-order chi connectivity index (χ1) is 13.7. The van der Waals surface area contributed by atoms with Crippen molar-refractivity contribution in [2.45, 2.75) is 32.8 Å². The lowest BCUT2D eigenvalue weighted by molar-refractivity contribution is 0.109. The van der Waals surface area contributed by atoms with Crippen LogP contribution in [-0.2, 0) is 11.3 Å². The Morgan fingerprint density at radius 3 is 2.71 bits per heavy atom. The molecule has 2 N–H and O–H groups in total. The molecule has 0 aliphatic carbocycles. The number of rotatable bonds is 10. The number of aromatic nitrogens is 2. The van der Waals surface area contributed by atoms with Gasteiger partial charge in [0, 0.05) is 43.2 Å². The maximum atomic E-state index is 5.91. The predicted molar refractivity (Wildman–Crippen MR) is 113 cm³/mol. The molecule has 0 unspecified atom stereocenters. The van der Waals surface area contributed by atoms with Crippen molar-refractivity contribution >= 4 is 17.5 Å². The molecule has 0 saturated carbocycles. The molecule has 3 rings (SSSR count). The van der Waals surface area contributed by atoms with Crippen molar-refractivity contribution in [1.82, 2.24) is 14.9 Å². The average molecular weight is 386 g/mol. The van der Waals surface area contributed by atoms with Crippen molar-refractivity contribution in [1.29, 1.82) is 0 Å². The van der Waals surface area contributed by atoms with Crippen LogP contribution in [-0.4, -0.2) is 55.3 Å². The zero-order valence-corrected chi connectivity index (χ0v) is 17.1. The topological polar surface area (TPSA) is 71.5 Å². The minimum Gasteiger partial charge on any atom is -0.496 e. The molecule has 1 saturated heterocycles. The lowest BCUT2D eigenvalue weighted by Crippen LogP contribution is -2.21. The smallest absolute Gasteiger partial charge is 0.229 e. The van der Waals surface area contributed by atoms with Gasteiger partial charge in [0.15, 0.2) is 0 Å². The van der Waals surface area contributed by atoms with Gasteiger partial charge in [0.05, 0.1) is 13.7 Å². The quantitative estimate of drug-likeness (QED) is 0.606. The number of ether oxygens (including phenoxy) is 2. The Hall–Kier alpha value is -2.38. The lowest BCUT2D eigenvalue weighted by Gasteiger charge is -2.15. The zero-order chi connectivity index (χ0) is 19.8. The Kier molecular flexibility index (Phi) is 7.45. The third-order valence-electron chi connectivity index (χ3n) is 4.87. The van der Waals surface area contributed by atoms with Crippen molar-refractivity contribution in [3.05, 3.63) is 35.5 Å². The van der Waals surface area contributed by atoms with Gasteiger partial charge in [-0.2, -0.15) is 4.98 Å². The van der Waals surface area contributed by atoms with Gasteiger partial charge in [-0.25, -0.2) is 4.98 Å². The zero-order valence-electron chi connectivity index (χ0n) is 17.1. The Balaban J connectivity index is 1.57. The highest BCUT2D eigenvalue weighted by Crippen LogP contribution is 2.25. The summed E-state index contributed by atoms with van der Waals surface area (Å²) in [4.78, 5) is 11.4. The molecule has 2 aromatic rings. The van der Waals surface area contributed by atoms with Gasteiger partial charge in [-0.1, -0.05) is 0 Å². The third-order valence-corrected chi connectivity index (χ3v) is 4.87. The molecule has 0 radical (unpaired) electrons. The highest BCUT2D eigenvalue weighted by Gasteiger charge is 2.11. The summed E-state index contributed by atoms with van der Waals surface area (Å²) in [6, 6.07) is 7.84. The number of methoxy groups -OCH3 is 1. The summed E-state index contributed by atoms with van der Waals surface area (Å²) in [5.74, 6) is 2.17. The molecule has 152 valence electrons. The first-order valence-corrected chi connectivity index (χ1v) is 9.95. The summed E-state index contributed by atoms with van der Waals surface area (Å²) < 4.78 is 11.4. The van der Waals surface area contributed by atoms with Crippen LogP contribution in [0.5, 0.6) is 5.75 Å². The number of likely N-dealkylation sites (tertiary alicyclic amines) is 1. The largest absolute Gasteiger partial charge is 0.496 e. The molecule has 0 bridgehead atoms. The Labute approximate surface area is 167 Å². The predicted octanol–water partition coefficient (Wildman–Crippen LogP) is 3.58. The molecule has 2 heterocycles. The Morgan fingerprint density at radius 2 is 1.96 bits per heavy atom. The molecule has 1 aromatic heterocycles. The van der Waals surface area contributed by atoms with Crippen molar-refractivity contribution in [2.75, 3.05) is 51.0 Å². The van der Waals surface area contributed by atoms with Gasteiger partial charge in [-0.15, -0.1) is 0 Å². The van der Waals surface area contributed by atoms with E-state index < -0.39 is 0 Å². The van der Waals surface area contributed by atoms with Gasteiger partial charge >= 0.3 is 0 Å². The molecule has 0 atom stereocenters. The molecular weight excluding hydrogens is 354 g/mol. The first-order valence-electron chi connectivity index (χ1n) is 9.95.